The van der Waals surface area contributed by atoms with Gasteiger partial charge in [-0.2, -0.15) is 0 Å². The van der Waals surface area contributed by atoms with Crippen molar-refractivity contribution in [2.45, 2.75) is 33.5 Å². The molecule has 0 unspecified atom stereocenters. The molecule has 1 fully saturated rings. The van der Waals surface area contributed by atoms with Crippen LogP contribution in [0.1, 0.15) is 30.5 Å². The van der Waals surface area contributed by atoms with E-state index in [1.807, 2.05) is 18.2 Å². The lowest BCUT2D eigenvalue weighted by molar-refractivity contribution is 0.132. The highest BCUT2D eigenvalue weighted by Gasteiger charge is 2.15. The molecule has 7 heteroatoms. The molecule has 2 heterocycles. The van der Waals surface area contributed by atoms with Gasteiger partial charge in [-0.05, 0) is 42.3 Å². The van der Waals surface area contributed by atoms with Gasteiger partial charge in [-0.15, -0.1) is 0 Å². The van der Waals surface area contributed by atoms with E-state index in [0.29, 0.717) is 13.3 Å². The predicted molar refractivity (Wildman–Crippen MR) is 128 cm³/mol. The Hall–Kier alpha value is -2.77. The summed E-state index contributed by atoms with van der Waals surface area (Å²) in [5.74, 6) is 2.40. The van der Waals surface area contributed by atoms with E-state index >= 15 is 0 Å². The first-order valence-corrected chi connectivity index (χ1v) is 11.7. The first kappa shape index (κ1) is 22.4. The first-order chi connectivity index (χ1) is 15.7. The maximum absolute atomic E-state index is 5.46. The van der Waals surface area contributed by atoms with Gasteiger partial charge in [0, 0.05) is 45.8 Å². The largest absolute Gasteiger partial charge is 0.454 e. The third kappa shape index (κ3) is 6.14. The lowest BCUT2D eigenvalue weighted by atomic mass is 10.1. The molecule has 0 amide bonds. The summed E-state index contributed by atoms with van der Waals surface area (Å²) in [5.41, 5.74) is 3.72. The molecule has 0 aromatic heterocycles. The Balaban J connectivity index is 1.27. The van der Waals surface area contributed by atoms with Gasteiger partial charge in [-0.3, -0.25) is 4.90 Å². The van der Waals surface area contributed by atoms with Crippen LogP contribution in [0.4, 0.5) is 0 Å². The number of rotatable bonds is 8. The van der Waals surface area contributed by atoms with Crippen LogP contribution >= 0.6 is 0 Å². The second kappa shape index (κ2) is 11.2. The van der Waals surface area contributed by atoms with E-state index in [0.717, 1.165) is 62.3 Å². The average molecular weight is 438 g/mol. The molecule has 0 aliphatic carbocycles. The highest BCUT2D eigenvalue weighted by molar-refractivity contribution is 5.79. The third-order valence-electron chi connectivity index (χ3n) is 6.00. The minimum Gasteiger partial charge on any atom is -0.454 e. The molecule has 1 saturated heterocycles. The Morgan fingerprint density at radius 2 is 1.53 bits per heavy atom. The lowest BCUT2D eigenvalue weighted by Gasteiger charge is -2.34. The minimum atomic E-state index is 0.292. The summed E-state index contributed by atoms with van der Waals surface area (Å²) in [6.07, 6.45) is 0. The van der Waals surface area contributed by atoms with Crippen LogP contribution in [0.5, 0.6) is 11.5 Å². The van der Waals surface area contributed by atoms with Crippen LogP contribution < -0.4 is 20.1 Å². The Bertz CT molecular complexity index is 892. The van der Waals surface area contributed by atoms with Crippen molar-refractivity contribution >= 4 is 5.96 Å². The van der Waals surface area contributed by atoms with Gasteiger partial charge >= 0.3 is 0 Å². The number of likely N-dealkylation sites (N-methyl/N-ethyl adjacent to an activating group) is 1. The van der Waals surface area contributed by atoms with Crippen LogP contribution in [0, 0.1) is 0 Å². The number of piperazine rings is 1. The highest BCUT2D eigenvalue weighted by Crippen LogP contribution is 2.32. The maximum Gasteiger partial charge on any atom is 0.231 e. The Labute approximate surface area is 191 Å². The average Bonchev–Trinajstić information content (AvgIpc) is 3.30. The summed E-state index contributed by atoms with van der Waals surface area (Å²) in [6.45, 7) is 13.6. The Kier molecular flexibility index (Phi) is 7.85. The number of guanidine groups is 1. The van der Waals surface area contributed by atoms with Gasteiger partial charge < -0.3 is 25.0 Å². The Morgan fingerprint density at radius 3 is 2.28 bits per heavy atom. The van der Waals surface area contributed by atoms with Gasteiger partial charge in [0.15, 0.2) is 17.5 Å². The highest BCUT2D eigenvalue weighted by atomic mass is 16.7. The quantitative estimate of drug-likeness (QED) is 0.489. The first-order valence-electron chi connectivity index (χ1n) is 11.7. The standard InChI is InChI=1S/C25H35N5O2/c1-3-26-25(28-17-22-9-10-23-24(15-22)32-19-31-23)27-16-20-5-7-21(8-6-20)18-30-13-11-29(4-2)12-14-30/h5-10,15H,3-4,11-14,16-19H2,1-2H3,(H2,26,27,28). The number of nitrogens with one attached hydrogen (secondary N) is 2. The molecule has 0 bridgehead atoms. The van der Waals surface area contributed by atoms with Crippen LogP contribution in [-0.2, 0) is 19.6 Å². The maximum atomic E-state index is 5.46. The second-order valence-corrected chi connectivity index (χ2v) is 8.26. The topological polar surface area (TPSA) is 61.4 Å². The molecule has 2 aliphatic rings. The molecule has 4 rings (SSSR count). The number of hydrogen-bond acceptors (Lipinski definition) is 5. The molecule has 2 aromatic rings. The van der Waals surface area contributed by atoms with Crippen molar-refractivity contribution < 1.29 is 9.47 Å². The summed E-state index contributed by atoms with van der Waals surface area (Å²) in [6, 6.07) is 14.9. The summed E-state index contributed by atoms with van der Waals surface area (Å²) < 4.78 is 10.8. The molecule has 32 heavy (non-hydrogen) atoms. The smallest absolute Gasteiger partial charge is 0.231 e. The zero-order valence-electron chi connectivity index (χ0n) is 19.3. The van der Waals surface area contributed by atoms with Gasteiger partial charge in [0.05, 0.1) is 6.54 Å². The molecule has 0 spiro atoms. The minimum absolute atomic E-state index is 0.292. The fraction of sp³-hybridized carbons (Fsp3) is 0.480. The summed E-state index contributed by atoms with van der Waals surface area (Å²) >= 11 is 0. The second-order valence-electron chi connectivity index (χ2n) is 8.26. The van der Waals surface area contributed by atoms with Crippen LogP contribution in [0.2, 0.25) is 0 Å². The molecule has 2 aliphatic heterocycles. The van der Waals surface area contributed by atoms with Crippen molar-refractivity contribution in [3.63, 3.8) is 0 Å². The molecular weight excluding hydrogens is 402 g/mol. The third-order valence-corrected chi connectivity index (χ3v) is 6.00. The summed E-state index contributed by atoms with van der Waals surface area (Å²) in [5, 5.41) is 6.76. The zero-order valence-corrected chi connectivity index (χ0v) is 19.3. The van der Waals surface area contributed by atoms with Crippen molar-refractivity contribution in [1.82, 2.24) is 20.4 Å². The van der Waals surface area contributed by atoms with E-state index in [1.54, 1.807) is 0 Å². The molecule has 0 radical (unpaired) electrons. The molecule has 172 valence electrons. The van der Waals surface area contributed by atoms with E-state index in [-0.39, 0.29) is 0 Å². The number of aliphatic imine (C=N–C) groups is 1. The SMILES string of the molecule is CCNC(=NCc1ccc2c(c1)OCO2)NCc1ccc(CN2CCN(CC)CC2)cc1. The fourth-order valence-corrected chi connectivity index (χ4v) is 4.02. The van der Waals surface area contributed by atoms with Crippen LogP contribution in [-0.4, -0.2) is 61.8 Å². The van der Waals surface area contributed by atoms with Crippen molar-refractivity contribution in [3.8, 4) is 11.5 Å². The van der Waals surface area contributed by atoms with Gasteiger partial charge in [-0.25, -0.2) is 4.99 Å². The molecule has 7 nitrogen and oxygen atoms in total. The number of benzene rings is 2. The van der Waals surface area contributed by atoms with E-state index in [1.165, 1.54) is 24.2 Å². The van der Waals surface area contributed by atoms with E-state index < -0.39 is 0 Å². The normalized spacial score (nSPS) is 16.9. The number of fused-ring (bicyclic) bond motifs is 1. The van der Waals surface area contributed by atoms with E-state index in [4.69, 9.17) is 14.5 Å². The molecule has 2 aromatic carbocycles. The number of ether oxygens (including phenoxy) is 2. The van der Waals surface area contributed by atoms with Crippen molar-refractivity contribution in [3.05, 3.63) is 59.2 Å². The number of hydrogen-bond donors (Lipinski definition) is 2. The monoisotopic (exact) mass is 437 g/mol. The van der Waals surface area contributed by atoms with Crippen LogP contribution in [0.15, 0.2) is 47.5 Å². The van der Waals surface area contributed by atoms with Gasteiger partial charge in [0.2, 0.25) is 6.79 Å². The van der Waals surface area contributed by atoms with E-state index in [9.17, 15) is 0 Å². The van der Waals surface area contributed by atoms with Crippen molar-refractivity contribution in [1.29, 1.82) is 0 Å². The molecular formula is C25H35N5O2. The Morgan fingerprint density at radius 1 is 0.844 bits per heavy atom. The zero-order chi connectivity index (χ0) is 22.2. The summed E-state index contributed by atoms with van der Waals surface area (Å²) in [4.78, 5) is 9.78. The van der Waals surface area contributed by atoms with Gasteiger partial charge in [0.25, 0.3) is 0 Å². The van der Waals surface area contributed by atoms with Crippen molar-refractivity contribution in [2.24, 2.45) is 4.99 Å². The van der Waals surface area contributed by atoms with Gasteiger partial charge in [0.1, 0.15) is 0 Å². The molecule has 0 atom stereocenters. The number of nitrogens with zero attached hydrogens (tertiary/aromatic N) is 3. The lowest BCUT2D eigenvalue weighted by Crippen LogP contribution is -2.45. The van der Waals surface area contributed by atoms with Crippen LogP contribution in [0.3, 0.4) is 0 Å². The molecule has 0 saturated carbocycles. The van der Waals surface area contributed by atoms with Crippen molar-refractivity contribution in [2.75, 3.05) is 46.1 Å². The predicted octanol–water partition coefficient (Wildman–Crippen LogP) is 2.81. The van der Waals surface area contributed by atoms with Gasteiger partial charge in [-0.1, -0.05) is 37.3 Å². The summed E-state index contributed by atoms with van der Waals surface area (Å²) in [7, 11) is 0. The fourth-order valence-electron chi connectivity index (χ4n) is 4.02. The van der Waals surface area contributed by atoms with E-state index in [2.05, 4.69) is 58.5 Å². The van der Waals surface area contributed by atoms with Crippen LogP contribution in [0.25, 0.3) is 0 Å². The molecule has 2 N–H and O–H groups in total.